The van der Waals surface area contributed by atoms with Gasteiger partial charge in [-0.15, -0.1) is 21.9 Å². The van der Waals surface area contributed by atoms with E-state index in [-0.39, 0.29) is 0 Å². The van der Waals surface area contributed by atoms with Crippen LogP contribution in [0, 0.1) is 116 Å². The molecule has 0 N–H and O–H groups in total. The number of aromatic nitrogens is 1. The summed E-state index contributed by atoms with van der Waals surface area (Å²) in [6.07, 6.45) is -7.22. The third-order valence-electron chi connectivity index (χ3n) is 11.0. The highest BCUT2D eigenvalue weighted by Crippen LogP contribution is 2.31. The van der Waals surface area contributed by atoms with Crippen LogP contribution in [0.25, 0.3) is 22.2 Å². The molecule has 69 heavy (non-hydrogen) atoms. The van der Waals surface area contributed by atoms with Crippen LogP contribution in [-0.2, 0) is 6.54 Å². The number of para-hydroxylation sites is 1. The fraction of sp³-hybridized carbons (Fsp3) is 0.0217. The van der Waals surface area contributed by atoms with Crippen molar-refractivity contribution in [2.24, 2.45) is 0 Å². The van der Waals surface area contributed by atoms with Crippen molar-refractivity contribution in [1.29, 1.82) is 0 Å². The fourth-order valence-electron chi connectivity index (χ4n) is 7.97. The average Bonchev–Trinajstić information content (AvgIpc) is 3.34. The van der Waals surface area contributed by atoms with E-state index in [4.69, 9.17) is 11.6 Å². The number of hydrogen-bond acceptors (Lipinski definition) is 0. The van der Waals surface area contributed by atoms with Gasteiger partial charge in [0.25, 0.3) is 0 Å². The molecule has 7 aromatic carbocycles. The number of halogens is 21. The normalized spacial score (nSPS) is 11.6. The maximum Gasteiger partial charge on any atom is 0.213 e. The summed E-state index contributed by atoms with van der Waals surface area (Å²) in [5.74, 6) is -71.4. The monoisotopic (exact) mass is 1010 g/mol. The van der Waals surface area contributed by atoms with Gasteiger partial charge in [0.1, 0.15) is 52.7 Å². The molecule has 8 rings (SSSR count). The second-order valence-electron chi connectivity index (χ2n) is 14.7. The highest BCUT2D eigenvalue weighted by Gasteiger charge is 2.52. The molecule has 1 nitrogen and oxygen atoms in total. The van der Waals surface area contributed by atoms with Crippen LogP contribution in [-0.4, -0.2) is 6.15 Å². The standard InChI is InChI=1S/C24BF20.C22H17ClN/c26-5-1(6(27)14(35)21(42)13(5)34)25(2-7(28)15(36)22(43)16(37)8(2)29,3-9(30)17(38)23(44)18(39)10(3)31)4-11(32)19(40)24(45)20(41)12(4)33;23-20-11-6-10-19(15-20)22-14-13-18-9-4-5-12-21(18)24(22)16-17-7-2-1-3-8-17/h;1-15H,16H2/q-1;+1. The fourth-order valence-corrected chi connectivity index (χ4v) is 8.16. The number of hydrogen-bond donors (Lipinski definition) is 0. The van der Waals surface area contributed by atoms with Gasteiger partial charge in [-0.25, -0.2) is 87.8 Å². The van der Waals surface area contributed by atoms with E-state index in [9.17, 15) is 52.7 Å². The lowest BCUT2D eigenvalue weighted by Gasteiger charge is -2.44. The highest BCUT2D eigenvalue weighted by atomic mass is 35.5. The Labute approximate surface area is 378 Å². The van der Waals surface area contributed by atoms with Gasteiger partial charge in [-0.2, -0.15) is 4.57 Å². The summed E-state index contributed by atoms with van der Waals surface area (Å²) in [6, 6.07) is 31.4. The number of benzene rings is 7. The molecule has 0 aliphatic heterocycles. The Balaban J connectivity index is 0.000000244. The predicted molar refractivity (Wildman–Crippen MR) is 209 cm³/mol. The van der Waals surface area contributed by atoms with Crippen LogP contribution in [0.1, 0.15) is 5.56 Å². The van der Waals surface area contributed by atoms with Gasteiger partial charge in [0.15, 0.2) is 76.4 Å². The van der Waals surface area contributed by atoms with E-state index in [1.54, 1.807) is 0 Å². The van der Waals surface area contributed by atoms with Crippen molar-refractivity contribution in [3.8, 4) is 11.3 Å². The van der Waals surface area contributed by atoms with Crippen LogP contribution in [0.5, 0.6) is 0 Å². The molecule has 0 bridgehead atoms. The molecule has 0 fully saturated rings. The molecule has 1 aromatic heterocycles. The molecule has 0 saturated heterocycles. The molecule has 0 saturated carbocycles. The van der Waals surface area contributed by atoms with E-state index in [1.807, 2.05) is 18.2 Å². The minimum atomic E-state index is -7.22. The zero-order valence-electron chi connectivity index (χ0n) is 33.3. The number of pyridine rings is 1. The summed E-state index contributed by atoms with van der Waals surface area (Å²) >= 11 is 6.22. The second-order valence-corrected chi connectivity index (χ2v) is 15.1. The summed E-state index contributed by atoms with van der Waals surface area (Å²) in [5, 5.41) is 1.99. The first kappa shape index (κ1) is 49.8. The Morgan fingerprint density at radius 2 is 0.667 bits per heavy atom. The van der Waals surface area contributed by atoms with Crippen molar-refractivity contribution in [1.82, 2.24) is 0 Å². The van der Waals surface area contributed by atoms with Crippen molar-refractivity contribution in [2.75, 3.05) is 0 Å². The molecule has 23 heteroatoms. The van der Waals surface area contributed by atoms with Gasteiger partial charge in [0.05, 0.1) is 0 Å². The predicted octanol–water partition coefficient (Wildman–Crippen LogP) is 11.3. The number of nitrogens with zero attached hydrogens (tertiary/aromatic N) is 1. The van der Waals surface area contributed by atoms with Crippen LogP contribution in [0.3, 0.4) is 0 Å². The largest absolute Gasteiger partial charge is 0.213 e. The molecule has 1 heterocycles. The van der Waals surface area contributed by atoms with Crippen molar-refractivity contribution in [3.63, 3.8) is 0 Å². The molecule has 0 amide bonds. The van der Waals surface area contributed by atoms with E-state index in [0.29, 0.717) is 0 Å². The molecule has 0 atom stereocenters. The van der Waals surface area contributed by atoms with E-state index >= 15 is 35.1 Å². The molecular weight excluding hydrogens is 993 g/mol. The molecule has 0 aliphatic carbocycles. The molecule has 0 unspecified atom stereocenters. The van der Waals surface area contributed by atoms with Gasteiger partial charge >= 0.3 is 0 Å². The van der Waals surface area contributed by atoms with E-state index in [0.717, 1.165) is 17.1 Å². The third kappa shape index (κ3) is 7.96. The van der Waals surface area contributed by atoms with Crippen molar-refractivity contribution < 1.29 is 92.4 Å². The lowest BCUT2D eigenvalue weighted by molar-refractivity contribution is -0.651. The second kappa shape index (κ2) is 18.8. The summed E-state index contributed by atoms with van der Waals surface area (Å²) in [4.78, 5) is 0. The van der Waals surface area contributed by atoms with E-state index < -0.39 is 144 Å². The summed E-state index contributed by atoms with van der Waals surface area (Å²) in [7, 11) is 0. The summed E-state index contributed by atoms with van der Waals surface area (Å²) < 4.78 is 296. The van der Waals surface area contributed by atoms with Crippen molar-refractivity contribution >= 4 is 50.5 Å². The maximum absolute atomic E-state index is 15.4. The van der Waals surface area contributed by atoms with Crippen LogP contribution in [0.2, 0.25) is 5.02 Å². The Kier molecular flexibility index (Phi) is 13.5. The summed E-state index contributed by atoms with van der Waals surface area (Å²) in [5.41, 5.74) is -9.53. The first-order valence-electron chi connectivity index (χ1n) is 19.0. The Hall–Kier alpha value is -7.10. The smallest absolute Gasteiger partial charge is 0.207 e. The number of fused-ring (bicyclic) bond motifs is 1. The van der Waals surface area contributed by atoms with E-state index in [2.05, 4.69) is 77.4 Å². The first-order valence-corrected chi connectivity index (χ1v) is 19.3. The van der Waals surface area contributed by atoms with Gasteiger partial charge in [-0.1, -0.05) is 60.1 Å². The molecule has 0 radical (unpaired) electrons. The van der Waals surface area contributed by atoms with Gasteiger partial charge < -0.3 is 0 Å². The minimum Gasteiger partial charge on any atom is -0.207 e. The lowest BCUT2D eigenvalue weighted by atomic mass is 9.12. The number of rotatable bonds is 7. The molecule has 356 valence electrons. The van der Waals surface area contributed by atoms with Crippen LogP contribution < -0.4 is 26.4 Å². The van der Waals surface area contributed by atoms with Crippen molar-refractivity contribution in [2.45, 2.75) is 6.54 Å². The maximum atomic E-state index is 15.4. The van der Waals surface area contributed by atoms with Crippen LogP contribution >= 0.6 is 11.6 Å². The first-order chi connectivity index (χ1) is 32.5. The Morgan fingerprint density at radius 3 is 1.03 bits per heavy atom. The molecular formula is C46H17BClF20N. The Bertz CT molecular complexity index is 3010. The van der Waals surface area contributed by atoms with Crippen LogP contribution in [0.4, 0.5) is 87.8 Å². The van der Waals surface area contributed by atoms with Gasteiger partial charge in [-0.3, -0.25) is 0 Å². The lowest BCUT2D eigenvalue weighted by Crippen LogP contribution is -2.81. The minimum absolute atomic E-state index is 0.756. The topological polar surface area (TPSA) is 3.88 Å². The molecule has 0 spiro atoms. The molecule has 8 aromatic rings. The van der Waals surface area contributed by atoms with Gasteiger partial charge in [-0.05, 0) is 30.3 Å². The zero-order chi connectivity index (χ0) is 50.7. The molecule has 0 aliphatic rings. The average molecular weight is 1010 g/mol. The van der Waals surface area contributed by atoms with Crippen molar-refractivity contribution in [3.05, 3.63) is 218 Å². The highest BCUT2D eigenvalue weighted by molar-refractivity contribution is 7.20. The zero-order valence-corrected chi connectivity index (χ0v) is 34.1. The van der Waals surface area contributed by atoms with Gasteiger partial charge in [0.2, 0.25) is 11.2 Å². The quantitative estimate of drug-likeness (QED) is 0.0493. The summed E-state index contributed by atoms with van der Waals surface area (Å²) in [6.45, 7) is 0.823. The van der Waals surface area contributed by atoms with E-state index in [1.165, 1.54) is 22.2 Å². The SMILES string of the molecule is Clc1cccc(-c2ccc3ccccc3[n+]2Cc2ccccc2)c1.Fc1c(F)c(F)c([B-](c2c(F)c(F)c(F)c(F)c2F)(c2c(F)c(F)c(F)c(F)c2F)c2c(F)c(F)c(F)c(F)c2F)c(F)c1F. The van der Waals surface area contributed by atoms with Gasteiger partial charge in [0, 0.05) is 33.7 Å². The van der Waals surface area contributed by atoms with Crippen LogP contribution in [0.15, 0.2) is 91.0 Å². The third-order valence-corrected chi connectivity index (χ3v) is 11.2. The Morgan fingerprint density at radius 1 is 0.333 bits per heavy atom.